The Morgan fingerprint density at radius 3 is 2.39 bits per heavy atom. The summed E-state index contributed by atoms with van der Waals surface area (Å²) in [5, 5.41) is 3.68. The van der Waals surface area contributed by atoms with E-state index in [1.807, 2.05) is 47.2 Å². The third kappa shape index (κ3) is 11.4. The van der Waals surface area contributed by atoms with Gasteiger partial charge in [0, 0.05) is 65.9 Å². The van der Waals surface area contributed by atoms with Gasteiger partial charge in [0.05, 0.1) is 28.7 Å². The summed E-state index contributed by atoms with van der Waals surface area (Å²) in [5.41, 5.74) is -1.25. The van der Waals surface area contributed by atoms with E-state index in [9.17, 15) is 34.8 Å². The molecule has 4 aromatic rings. The van der Waals surface area contributed by atoms with E-state index in [0.29, 0.717) is 69.1 Å². The molecule has 334 valence electrons. The largest absolute Gasteiger partial charge is 0.501 e. The second-order valence-corrected chi connectivity index (χ2v) is 23.0. The van der Waals surface area contributed by atoms with Crippen LogP contribution < -0.4 is 10.0 Å². The van der Waals surface area contributed by atoms with Crippen LogP contribution in [0.1, 0.15) is 65.2 Å². The lowest BCUT2D eigenvalue weighted by Crippen LogP contribution is -2.39. The van der Waals surface area contributed by atoms with Gasteiger partial charge in [-0.05, 0) is 103 Å². The molecule has 1 aromatic heterocycles. The van der Waals surface area contributed by atoms with E-state index in [2.05, 4.69) is 41.1 Å². The number of ether oxygens (including phenoxy) is 1. The zero-order valence-corrected chi connectivity index (χ0v) is 38.5. The molecule has 0 unspecified atom stereocenters. The Bertz CT molecular complexity index is 2490. The van der Waals surface area contributed by atoms with E-state index in [1.165, 1.54) is 34.2 Å². The number of carbonyl (C=O) groups excluding carboxylic acids is 1. The highest BCUT2D eigenvalue weighted by molar-refractivity contribution is 7.99. The number of allylic oxidation sites excluding steroid dienone is 1. The fourth-order valence-electron chi connectivity index (χ4n) is 8.13. The molecular formula is C44H50ClF3N4O6S4. The number of amides is 1. The Balaban J connectivity index is 1.08. The lowest BCUT2D eigenvalue weighted by Gasteiger charge is -2.37. The smallest absolute Gasteiger partial charge is 0.380 e. The number of morpholine rings is 1. The molecule has 3 aliphatic rings. The van der Waals surface area contributed by atoms with Gasteiger partial charge in [0.1, 0.15) is 4.90 Å². The van der Waals surface area contributed by atoms with Crippen LogP contribution in [0.15, 0.2) is 99.1 Å². The predicted octanol–water partition coefficient (Wildman–Crippen LogP) is 9.13. The highest BCUT2D eigenvalue weighted by Gasteiger charge is 2.48. The molecular weight excluding hydrogens is 901 g/mol. The number of halogens is 4. The SMILES string of the molecule is CC1(C)CCC(c2ccc(Cl)cc2)=C(CN2CCc3sc(C(=O)NS(=O)(=O)c4ccc(N[C@H](CCN5CCOCC5)CSc5ccccc5)c(S(=O)(=O)C(F)(F)F)c4)cc3C2)C1. The molecule has 0 bridgehead atoms. The molecule has 1 fully saturated rings. The van der Waals surface area contributed by atoms with Crippen LogP contribution in [0.4, 0.5) is 18.9 Å². The molecule has 7 rings (SSSR count). The maximum absolute atomic E-state index is 14.2. The van der Waals surface area contributed by atoms with Crippen LogP contribution in [0.2, 0.25) is 5.02 Å². The van der Waals surface area contributed by atoms with Gasteiger partial charge in [-0.3, -0.25) is 14.6 Å². The van der Waals surface area contributed by atoms with Crippen LogP contribution in [0, 0.1) is 5.41 Å². The summed E-state index contributed by atoms with van der Waals surface area (Å²) >= 11 is 8.81. The number of carbonyl (C=O) groups is 1. The monoisotopic (exact) mass is 950 g/mol. The highest BCUT2D eigenvalue weighted by atomic mass is 35.5. The van der Waals surface area contributed by atoms with Crippen molar-refractivity contribution in [3.05, 3.63) is 110 Å². The molecule has 1 atom stereocenters. The Morgan fingerprint density at radius 2 is 1.68 bits per heavy atom. The van der Waals surface area contributed by atoms with Gasteiger partial charge < -0.3 is 10.1 Å². The summed E-state index contributed by atoms with van der Waals surface area (Å²) in [4.78, 5) is 18.0. The highest BCUT2D eigenvalue weighted by Crippen LogP contribution is 2.43. The van der Waals surface area contributed by atoms with Crippen LogP contribution >= 0.6 is 34.7 Å². The number of thiophene rings is 1. The van der Waals surface area contributed by atoms with Crippen molar-refractivity contribution in [2.24, 2.45) is 5.41 Å². The molecule has 1 aliphatic carbocycles. The summed E-state index contributed by atoms with van der Waals surface area (Å²) in [6.45, 7) is 9.61. The number of fused-ring (bicyclic) bond motifs is 1. The summed E-state index contributed by atoms with van der Waals surface area (Å²) in [5.74, 6) is -0.583. The summed E-state index contributed by atoms with van der Waals surface area (Å²) in [6, 6.07) is 20.9. The van der Waals surface area contributed by atoms with E-state index in [4.69, 9.17) is 16.3 Å². The first kappa shape index (κ1) is 46.6. The van der Waals surface area contributed by atoms with Gasteiger partial charge in [-0.2, -0.15) is 13.2 Å². The fraction of sp³-hybridized carbons (Fsp3) is 0.432. The zero-order chi connectivity index (χ0) is 44.3. The number of thioether (sulfide) groups is 1. The van der Waals surface area contributed by atoms with Crippen molar-refractivity contribution in [1.82, 2.24) is 14.5 Å². The van der Waals surface area contributed by atoms with Crippen LogP contribution in [0.25, 0.3) is 5.57 Å². The molecule has 0 spiro atoms. The Hall–Kier alpha value is -3.42. The first-order valence-electron chi connectivity index (χ1n) is 20.4. The van der Waals surface area contributed by atoms with Crippen LogP contribution in [-0.4, -0.2) is 95.8 Å². The number of benzene rings is 3. The van der Waals surface area contributed by atoms with Crippen molar-refractivity contribution < 1.29 is 39.5 Å². The number of nitrogens with zero attached hydrogens (tertiary/aromatic N) is 2. The Kier molecular flexibility index (Phi) is 14.5. The van der Waals surface area contributed by atoms with E-state index >= 15 is 0 Å². The molecule has 1 saturated heterocycles. The Morgan fingerprint density at radius 1 is 0.952 bits per heavy atom. The topological polar surface area (TPSA) is 125 Å². The molecule has 2 N–H and O–H groups in total. The second-order valence-electron chi connectivity index (χ2n) is 16.7. The summed E-state index contributed by atoms with van der Waals surface area (Å²) in [6.07, 6.45) is 4.06. The molecule has 3 heterocycles. The first-order valence-corrected chi connectivity index (χ1v) is 25.6. The van der Waals surface area contributed by atoms with Crippen LogP contribution in [0.5, 0.6) is 0 Å². The quantitative estimate of drug-likeness (QED) is 0.112. The van der Waals surface area contributed by atoms with Crippen molar-refractivity contribution in [1.29, 1.82) is 0 Å². The van der Waals surface area contributed by atoms with Crippen LogP contribution in [-0.2, 0) is 37.6 Å². The van der Waals surface area contributed by atoms with Crippen molar-refractivity contribution in [3.63, 3.8) is 0 Å². The van der Waals surface area contributed by atoms with Gasteiger partial charge >= 0.3 is 5.51 Å². The zero-order valence-electron chi connectivity index (χ0n) is 34.5. The molecule has 18 heteroatoms. The van der Waals surface area contributed by atoms with Gasteiger partial charge in [0.15, 0.2) is 0 Å². The second kappa shape index (κ2) is 19.4. The minimum Gasteiger partial charge on any atom is -0.380 e. The van der Waals surface area contributed by atoms with Crippen LogP contribution in [0.3, 0.4) is 0 Å². The number of hydrogen-bond donors (Lipinski definition) is 2. The standard InChI is InChI=1S/C44H50ClF3N4O6S4/c1-43(2)17-14-37(30-8-10-33(45)11-9-30)32(26-43)28-52-19-16-39-31(27-52)24-40(60-39)42(53)50-62(56,57)36-12-13-38(41(25-36)61(54,55)44(46,47)48)49-34(15-18-51-20-22-58-23-21-51)29-59-35-6-4-3-5-7-35/h3-13,24-25,34,49H,14-23,26-29H2,1-2H3,(H,50,53)/t34-/m1/s1. The van der Waals surface area contributed by atoms with E-state index < -0.39 is 52.8 Å². The summed E-state index contributed by atoms with van der Waals surface area (Å²) in [7, 11) is -10.9. The molecule has 0 saturated carbocycles. The Labute approximate surface area is 375 Å². The molecule has 10 nitrogen and oxygen atoms in total. The maximum atomic E-state index is 14.2. The lowest BCUT2D eigenvalue weighted by atomic mass is 9.72. The maximum Gasteiger partial charge on any atom is 0.501 e. The minimum atomic E-state index is -6.05. The van der Waals surface area contributed by atoms with Crippen molar-refractivity contribution >= 4 is 71.7 Å². The minimum absolute atomic E-state index is 0.126. The van der Waals surface area contributed by atoms with E-state index in [0.717, 1.165) is 65.4 Å². The number of nitrogens with one attached hydrogen (secondary N) is 2. The normalized spacial score (nSPS) is 18.3. The van der Waals surface area contributed by atoms with E-state index in [1.54, 1.807) is 6.07 Å². The molecule has 3 aromatic carbocycles. The molecule has 1 amide bonds. The average Bonchev–Trinajstić information content (AvgIpc) is 3.66. The first-order chi connectivity index (χ1) is 29.4. The van der Waals surface area contributed by atoms with Gasteiger partial charge in [-0.15, -0.1) is 23.1 Å². The predicted molar refractivity (Wildman–Crippen MR) is 240 cm³/mol. The molecule has 0 radical (unpaired) electrons. The fourth-order valence-corrected chi connectivity index (χ4v) is 12.4. The molecule has 62 heavy (non-hydrogen) atoms. The van der Waals surface area contributed by atoms with Crippen molar-refractivity contribution in [3.8, 4) is 0 Å². The number of sulfone groups is 1. The third-order valence-electron chi connectivity index (χ3n) is 11.5. The van der Waals surface area contributed by atoms with Crippen molar-refractivity contribution in [2.75, 3.05) is 57.0 Å². The number of rotatable bonds is 15. The number of sulfonamides is 1. The lowest BCUT2D eigenvalue weighted by molar-refractivity contribution is -0.0435. The number of anilines is 1. The number of hydrogen-bond acceptors (Lipinski definition) is 11. The van der Waals surface area contributed by atoms with Crippen molar-refractivity contribution in [2.45, 2.75) is 78.7 Å². The van der Waals surface area contributed by atoms with E-state index in [-0.39, 0.29) is 10.3 Å². The number of alkyl halides is 3. The van der Waals surface area contributed by atoms with Gasteiger partial charge in [0.2, 0.25) is 0 Å². The van der Waals surface area contributed by atoms with Gasteiger partial charge in [0.25, 0.3) is 25.8 Å². The van der Waals surface area contributed by atoms with Gasteiger partial charge in [-0.1, -0.05) is 61.4 Å². The summed E-state index contributed by atoms with van der Waals surface area (Å²) < 4.78 is 104. The van der Waals surface area contributed by atoms with Gasteiger partial charge in [-0.25, -0.2) is 21.6 Å². The molecule has 2 aliphatic heterocycles. The average molecular weight is 952 g/mol. The third-order valence-corrected chi connectivity index (χ3v) is 17.0.